The van der Waals surface area contributed by atoms with Crippen LogP contribution in [0.4, 0.5) is 5.82 Å². The van der Waals surface area contributed by atoms with Gasteiger partial charge in [-0.15, -0.1) is 0 Å². The normalized spacial score (nSPS) is 11.8. The van der Waals surface area contributed by atoms with Gasteiger partial charge in [-0.05, 0) is 68.5 Å². The number of nitrogens with one attached hydrogen (secondary N) is 2. The zero-order valence-corrected chi connectivity index (χ0v) is 18.9. The molecule has 8 nitrogen and oxygen atoms in total. The minimum atomic E-state index is -3.67. The Kier molecular flexibility index (Phi) is 6.68. The van der Waals surface area contributed by atoms with E-state index in [2.05, 4.69) is 47.3 Å². The van der Waals surface area contributed by atoms with E-state index in [1.807, 2.05) is 18.3 Å². The van der Waals surface area contributed by atoms with Crippen molar-refractivity contribution in [2.45, 2.75) is 13.3 Å². The van der Waals surface area contributed by atoms with Crippen molar-refractivity contribution in [2.24, 2.45) is 0 Å². The predicted octanol–water partition coefficient (Wildman–Crippen LogP) is 3.75. The molecule has 0 spiro atoms. The standard InChI is InChI=1S/C21H24N4O.CH4O3S/c1-13-12-23-21(22-9-4-10-25(2)3)19-18-16-7-6-15(26)11-14(16)5-8-17(18)24-20(13)19;1-5(2,3)4/h5-8,11-12,24,26H,4,9-10H2,1-3H3,(H,22,23);1H3,(H,2,3,4). The lowest BCUT2D eigenvalue weighted by molar-refractivity contribution is 0.405. The summed E-state index contributed by atoms with van der Waals surface area (Å²) >= 11 is 0. The van der Waals surface area contributed by atoms with Gasteiger partial charge in [-0.3, -0.25) is 4.55 Å². The number of fused-ring (bicyclic) bond motifs is 5. The second-order valence-corrected chi connectivity index (χ2v) is 9.34. The summed E-state index contributed by atoms with van der Waals surface area (Å²) in [7, 11) is 0.507. The van der Waals surface area contributed by atoms with Gasteiger partial charge >= 0.3 is 0 Å². The average Bonchev–Trinajstić information content (AvgIpc) is 3.06. The first-order chi connectivity index (χ1) is 14.5. The molecular formula is C22H28N4O4S. The highest BCUT2D eigenvalue weighted by Crippen LogP contribution is 2.37. The van der Waals surface area contributed by atoms with E-state index in [4.69, 9.17) is 4.55 Å². The van der Waals surface area contributed by atoms with Crippen LogP contribution in [0, 0.1) is 6.92 Å². The molecule has 0 saturated heterocycles. The molecule has 9 heteroatoms. The SMILES string of the molecule is CS(=O)(=O)O.Cc1cnc(NCCCN(C)C)c2c1[nH]c1ccc3cc(O)ccc3c12. The lowest BCUT2D eigenvalue weighted by Crippen LogP contribution is -2.16. The Hall–Kier alpha value is -2.88. The van der Waals surface area contributed by atoms with E-state index < -0.39 is 10.1 Å². The number of anilines is 1. The largest absolute Gasteiger partial charge is 0.508 e. The number of H-pyrrole nitrogens is 1. The summed E-state index contributed by atoms with van der Waals surface area (Å²) < 4.78 is 25.9. The zero-order valence-electron chi connectivity index (χ0n) is 18.1. The Bertz CT molecular complexity index is 1320. The van der Waals surface area contributed by atoms with Gasteiger partial charge in [0.15, 0.2) is 0 Å². The van der Waals surface area contributed by atoms with Gasteiger partial charge in [-0.1, -0.05) is 12.1 Å². The number of phenolic OH excluding ortho intramolecular Hbond substituents is 1. The first-order valence-electron chi connectivity index (χ1n) is 9.88. The fraction of sp³-hybridized carbons (Fsp3) is 0.318. The molecule has 0 fully saturated rings. The van der Waals surface area contributed by atoms with Crippen LogP contribution in [0.5, 0.6) is 5.75 Å². The highest BCUT2D eigenvalue weighted by Gasteiger charge is 2.14. The van der Waals surface area contributed by atoms with Crippen LogP contribution in [0.3, 0.4) is 0 Å². The lowest BCUT2D eigenvalue weighted by atomic mass is 10.0. The number of nitrogens with zero attached hydrogens (tertiary/aromatic N) is 2. The number of hydrogen-bond acceptors (Lipinski definition) is 6. The van der Waals surface area contributed by atoms with E-state index in [-0.39, 0.29) is 5.75 Å². The lowest BCUT2D eigenvalue weighted by Gasteiger charge is -2.11. The van der Waals surface area contributed by atoms with Gasteiger partial charge in [0.1, 0.15) is 11.6 Å². The molecule has 31 heavy (non-hydrogen) atoms. The third kappa shape index (κ3) is 5.63. The number of aromatic amines is 1. The Morgan fingerprint density at radius 1 is 1.16 bits per heavy atom. The third-order valence-corrected chi connectivity index (χ3v) is 4.86. The van der Waals surface area contributed by atoms with Crippen LogP contribution >= 0.6 is 0 Å². The number of benzene rings is 2. The summed E-state index contributed by atoms with van der Waals surface area (Å²) in [5.41, 5.74) is 3.33. The molecule has 2 aromatic heterocycles. The van der Waals surface area contributed by atoms with Gasteiger partial charge in [0.2, 0.25) is 0 Å². The molecule has 0 bridgehead atoms. The van der Waals surface area contributed by atoms with Crippen LogP contribution in [0.1, 0.15) is 12.0 Å². The molecule has 166 valence electrons. The maximum atomic E-state index is 9.82. The summed E-state index contributed by atoms with van der Waals surface area (Å²) in [6.45, 7) is 3.99. The number of hydrogen-bond donors (Lipinski definition) is 4. The monoisotopic (exact) mass is 444 g/mol. The topological polar surface area (TPSA) is 119 Å². The van der Waals surface area contributed by atoms with Crippen molar-refractivity contribution in [1.29, 1.82) is 0 Å². The number of aromatic hydroxyl groups is 1. The minimum absolute atomic E-state index is 0.285. The Balaban J connectivity index is 0.000000491. The van der Waals surface area contributed by atoms with E-state index in [0.717, 1.165) is 63.5 Å². The molecule has 0 amide bonds. The Labute approximate surface area is 181 Å². The highest BCUT2D eigenvalue weighted by molar-refractivity contribution is 7.85. The van der Waals surface area contributed by atoms with Crippen LogP contribution < -0.4 is 5.32 Å². The summed E-state index contributed by atoms with van der Waals surface area (Å²) in [5, 5.41) is 17.8. The molecule has 0 saturated carbocycles. The predicted molar refractivity (Wildman–Crippen MR) is 127 cm³/mol. The Morgan fingerprint density at radius 3 is 2.55 bits per heavy atom. The van der Waals surface area contributed by atoms with Crippen LogP contribution in [0.25, 0.3) is 32.6 Å². The Morgan fingerprint density at radius 2 is 1.87 bits per heavy atom. The molecule has 0 aliphatic heterocycles. The van der Waals surface area contributed by atoms with Gasteiger partial charge in [0, 0.05) is 23.6 Å². The van der Waals surface area contributed by atoms with Crippen LogP contribution in [0.2, 0.25) is 0 Å². The molecule has 4 rings (SSSR count). The van der Waals surface area contributed by atoms with Crippen molar-refractivity contribution in [2.75, 3.05) is 38.8 Å². The molecule has 0 atom stereocenters. The minimum Gasteiger partial charge on any atom is -0.508 e. The van der Waals surface area contributed by atoms with Crippen molar-refractivity contribution in [3.63, 3.8) is 0 Å². The van der Waals surface area contributed by atoms with Gasteiger partial charge < -0.3 is 20.3 Å². The van der Waals surface area contributed by atoms with Crippen molar-refractivity contribution in [3.8, 4) is 5.75 Å². The number of aromatic nitrogens is 2. The van der Waals surface area contributed by atoms with Crippen molar-refractivity contribution in [1.82, 2.24) is 14.9 Å². The van der Waals surface area contributed by atoms with Gasteiger partial charge in [0.25, 0.3) is 10.1 Å². The molecule has 0 radical (unpaired) electrons. The van der Waals surface area contributed by atoms with E-state index in [0.29, 0.717) is 6.26 Å². The fourth-order valence-corrected chi connectivity index (χ4v) is 3.57. The first-order valence-corrected chi connectivity index (χ1v) is 11.7. The van der Waals surface area contributed by atoms with E-state index >= 15 is 0 Å². The summed E-state index contributed by atoms with van der Waals surface area (Å²) in [6, 6.07) is 9.65. The van der Waals surface area contributed by atoms with Crippen molar-refractivity contribution in [3.05, 3.63) is 42.1 Å². The highest BCUT2D eigenvalue weighted by atomic mass is 32.2. The van der Waals surface area contributed by atoms with Gasteiger partial charge in [0.05, 0.1) is 17.2 Å². The molecule has 4 aromatic rings. The van der Waals surface area contributed by atoms with E-state index in [1.54, 1.807) is 12.1 Å². The zero-order chi connectivity index (χ0) is 22.8. The van der Waals surface area contributed by atoms with E-state index in [9.17, 15) is 13.5 Å². The maximum absolute atomic E-state index is 9.82. The summed E-state index contributed by atoms with van der Waals surface area (Å²) in [6.07, 6.45) is 3.69. The smallest absolute Gasteiger partial charge is 0.261 e. The maximum Gasteiger partial charge on any atom is 0.261 e. The average molecular weight is 445 g/mol. The molecule has 4 N–H and O–H groups in total. The van der Waals surface area contributed by atoms with Crippen molar-refractivity contribution < 1.29 is 18.1 Å². The molecule has 0 aliphatic rings. The molecule has 0 unspecified atom stereocenters. The number of pyridine rings is 1. The third-order valence-electron chi connectivity index (χ3n) is 4.86. The second kappa shape index (κ2) is 9.09. The van der Waals surface area contributed by atoms with Crippen LogP contribution in [-0.2, 0) is 10.1 Å². The number of aryl methyl sites for hydroxylation is 1. The first kappa shape index (κ1) is 22.8. The van der Waals surface area contributed by atoms with Gasteiger partial charge in [-0.2, -0.15) is 8.42 Å². The van der Waals surface area contributed by atoms with Gasteiger partial charge in [-0.25, -0.2) is 4.98 Å². The number of phenols is 1. The fourth-order valence-electron chi connectivity index (χ4n) is 3.57. The molecule has 0 aliphatic carbocycles. The summed E-state index contributed by atoms with van der Waals surface area (Å²) in [5.74, 6) is 1.20. The number of rotatable bonds is 5. The van der Waals surface area contributed by atoms with Crippen LogP contribution in [-0.4, -0.2) is 66.4 Å². The van der Waals surface area contributed by atoms with Crippen molar-refractivity contribution >= 4 is 48.5 Å². The van der Waals surface area contributed by atoms with E-state index in [1.165, 1.54) is 0 Å². The quantitative estimate of drug-likeness (QED) is 0.273. The molecular weight excluding hydrogens is 416 g/mol. The summed E-state index contributed by atoms with van der Waals surface area (Å²) in [4.78, 5) is 10.4. The van der Waals surface area contributed by atoms with Crippen LogP contribution in [0.15, 0.2) is 36.5 Å². The molecule has 2 heterocycles. The second-order valence-electron chi connectivity index (χ2n) is 7.88. The molecule has 2 aromatic carbocycles.